The molecule has 2 aromatic heterocycles. The molecule has 2 heterocycles. The van der Waals surface area contributed by atoms with Gasteiger partial charge in [0.2, 0.25) is 0 Å². The third kappa shape index (κ3) is 2.15. The summed E-state index contributed by atoms with van der Waals surface area (Å²) in [5, 5.41) is 3.83. The van der Waals surface area contributed by atoms with Crippen molar-refractivity contribution in [1.29, 1.82) is 0 Å². The lowest BCUT2D eigenvalue weighted by Gasteiger charge is -2.10. The zero-order chi connectivity index (χ0) is 18.5. The summed E-state index contributed by atoms with van der Waals surface area (Å²) in [6, 6.07) is 34.3. The van der Waals surface area contributed by atoms with Gasteiger partial charge in [-0.05, 0) is 35.9 Å². The average Bonchev–Trinajstić information content (AvgIpc) is 3.34. The van der Waals surface area contributed by atoms with Crippen molar-refractivity contribution in [2.45, 2.75) is 0 Å². The third-order valence-electron chi connectivity index (χ3n) is 5.56. The van der Waals surface area contributed by atoms with E-state index in [9.17, 15) is 0 Å². The minimum Gasteiger partial charge on any atom is -0.354 e. The van der Waals surface area contributed by atoms with Gasteiger partial charge < -0.3 is 9.55 Å². The maximum absolute atomic E-state index is 3.64. The number of aromatic amines is 1. The van der Waals surface area contributed by atoms with Gasteiger partial charge in [0.25, 0.3) is 0 Å². The van der Waals surface area contributed by atoms with E-state index in [4.69, 9.17) is 0 Å². The van der Waals surface area contributed by atoms with Crippen molar-refractivity contribution in [1.82, 2.24) is 9.55 Å². The number of para-hydroxylation sites is 2. The zero-order valence-electron chi connectivity index (χ0n) is 15.3. The molecule has 0 atom stereocenters. The molecule has 6 rings (SSSR count). The SMILES string of the molecule is c1ccc(-c2c3ccn(-c4ccccc4)c3cc3[nH]c4ccccc4c23)cc1. The van der Waals surface area contributed by atoms with Crippen LogP contribution in [0.25, 0.3) is 49.5 Å². The maximum atomic E-state index is 3.64. The predicted molar refractivity (Wildman–Crippen MR) is 118 cm³/mol. The molecule has 1 N–H and O–H groups in total. The highest BCUT2D eigenvalue weighted by molar-refractivity contribution is 6.21. The minimum absolute atomic E-state index is 1.17. The maximum Gasteiger partial charge on any atom is 0.0555 e. The molecule has 4 aromatic carbocycles. The monoisotopic (exact) mass is 358 g/mol. The van der Waals surface area contributed by atoms with E-state index < -0.39 is 0 Å². The first-order chi connectivity index (χ1) is 13.9. The summed E-state index contributed by atoms with van der Waals surface area (Å²) in [6.45, 7) is 0. The lowest BCUT2D eigenvalue weighted by atomic mass is 9.96. The van der Waals surface area contributed by atoms with Crippen LogP contribution in [0.1, 0.15) is 0 Å². The van der Waals surface area contributed by atoms with Crippen molar-refractivity contribution in [3.05, 3.63) is 103 Å². The van der Waals surface area contributed by atoms with Gasteiger partial charge in [0.05, 0.1) is 5.52 Å². The molecule has 0 bridgehead atoms. The summed E-state index contributed by atoms with van der Waals surface area (Å²) in [6.07, 6.45) is 2.17. The van der Waals surface area contributed by atoms with E-state index in [1.165, 1.54) is 49.5 Å². The molecule has 28 heavy (non-hydrogen) atoms. The zero-order valence-corrected chi connectivity index (χ0v) is 15.3. The van der Waals surface area contributed by atoms with E-state index in [1.54, 1.807) is 0 Å². The Labute approximate surface area is 162 Å². The van der Waals surface area contributed by atoms with E-state index in [0.29, 0.717) is 0 Å². The average molecular weight is 358 g/mol. The van der Waals surface area contributed by atoms with Crippen LogP contribution >= 0.6 is 0 Å². The second kappa shape index (κ2) is 5.86. The van der Waals surface area contributed by atoms with E-state index in [0.717, 1.165) is 0 Å². The number of hydrogen-bond acceptors (Lipinski definition) is 0. The van der Waals surface area contributed by atoms with Crippen molar-refractivity contribution in [2.24, 2.45) is 0 Å². The van der Waals surface area contributed by atoms with E-state index in [2.05, 4.69) is 113 Å². The normalized spacial score (nSPS) is 11.6. The molecule has 0 fully saturated rings. The fourth-order valence-electron chi connectivity index (χ4n) is 4.33. The van der Waals surface area contributed by atoms with Crippen LogP contribution in [0.4, 0.5) is 0 Å². The molecule has 0 aliphatic carbocycles. The smallest absolute Gasteiger partial charge is 0.0555 e. The topological polar surface area (TPSA) is 20.7 Å². The summed E-state index contributed by atoms with van der Waals surface area (Å²) in [4.78, 5) is 3.64. The Kier molecular flexibility index (Phi) is 3.20. The van der Waals surface area contributed by atoms with E-state index in [-0.39, 0.29) is 0 Å². The first kappa shape index (κ1) is 15.3. The second-order valence-electron chi connectivity index (χ2n) is 7.16. The van der Waals surface area contributed by atoms with E-state index >= 15 is 0 Å². The number of nitrogens with one attached hydrogen (secondary N) is 1. The summed E-state index contributed by atoms with van der Waals surface area (Å²) < 4.78 is 2.27. The Bertz CT molecular complexity index is 1440. The van der Waals surface area contributed by atoms with Crippen molar-refractivity contribution >= 4 is 32.7 Å². The van der Waals surface area contributed by atoms with Crippen LogP contribution in [0.2, 0.25) is 0 Å². The number of benzene rings is 4. The van der Waals surface area contributed by atoms with Crippen LogP contribution < -0.4 is 0 Å². The summed E-state index contributed by atoms with van der Waals surface area (Å²) in [5.41, 5.74) is 7.27. The molecule has 0 saturated heterocycles. The number of fused-ring (bicyclic) bond motifs is 4. The third-order valence-corrected chi connectivity index (χ3v) is 5.56. The number of aromatic nitrogens is 2. The standard InChI is InChI=1S/C26H18N2/c1-3-9-18(10-4-1)25-21-15-16-28(19-11-5-2-6-12-19)24(21)17-23-26(25)20-13-7-8-14-22(20)27-23/h1-17,27H. The Hall–Kier alpha value is -3.78. The lowest BCUT2D eigenvalue weighted by Crippen LogP contribution is -1.91. The Morgan fingerprint density at radius 2 is 1.32 bits per heavy atom. The fraction of sp³-hybridized carbons (Fsp3) is 0. The van der Waals surface area contributed by atoms with Crippen LogP contribution in [0, 0.1) is 0 Å². The van der Waals surface area contributed by atoms with Gasteiger partial charge in [0, 0.05) is 44.6 Å². The number of nitrogens with zero attached hydrogens (tertiary/aromatic N) is 1. The minimum atomic E-state index is 1.17. The molecule has 132 valence electrons. The van der Waals surface area contributed by atoms with Gasteiger partial charge >= 0.3 is 0 Å². The number of H-pyrrole nitrogens is 1. The van der Waals surface area contributed by atoms with Crippen LogP contribution in [-0.4, -0.2) is 9.55 Å². The highest BCUT2D eigenvalue weighted by atomic mass is 15.0. The summed E-state index contributed by atoms with van der Waals surface area (Å²) in [7, 11) is 0. The molecule has 2 nitrogen and oxygen atoms in total. The van der Waals surface area contributed by atoms with Gasteiger partial charge in [-0.3, -0.25) is 0 Å². The Morgan fingerprint density at radius 1 is 0.607 bits per heavy atom. The molecule has 0 amide bonds. The molecular weight excluding hydrogens is 340 g/mol. The highest BCUT2D eigenvalue weighted by Crippen LogP contribution is 2.41. The fourth-order valence-corrected chi connectivity index (χ4v) is 4.33. The second-order valence-corrected chi connectivity index (χ2v) is 7.16. The molecule has 0 saturated carbocycles. The van der Waals surface area contributed by atoms with Crippen LogP contribution in [-0.2, 0) is 0 Å². The van der Waals surface area contributed by atoms with Gasteiger partial charge in [0.1, 0.15) is 0 Å². The lowest BCUT2D eigenvalue weighted by molar-refractivity contribution is 1.13. The van der Waals surface area contributed by atoms with Gasteiger partial charge in [-0.15, -0.1) is 0 Å². The molecule has 0 aliphatic rings. The Morgan fingerprint density at radius 3 is 2.14 bits per heavy atom. The highest BCUT2D eigenvalue weighted by Gasteiger charge is 2.17. The predicted octanol–water partition coefficient (Wildman–Crippen LogP) is 6.93. The molecule has 0 radical (unpaired) electrons. The first-order valence-electron chi connectivity index (χ1n) is 9.55. The molecule has 0 aliphatic heterocycles. The van der Waals surface area contributed by atoms with Gasteiger partial charge in [-0.25, -0.2) is 0 Å². The number of rotatable bonds is 2. The van der Waals surface area contributed by atoms with Crippen molar-refractivity contribution in [3.8, 4) is 16.8 Å². The largest absolute Gasteiger partial charge is 0.354 e. The van der Waals surface area contributed by atoms with Crippen molar-refractivity contribution in [2.75, 3.05) is 0 Å². The van der Waals surface area contributed by atoms with Crippen LogP contribution in [0.3, 0.4) is 0 Å². The van der Waals surface area contributed by atoms with Crippen LogP contribution in [0.15, 0.2) is 103 Å². The molecule has 6 aromatic rings. The molecule has 0 unspecified atom stereocenters. The first-order valence-corrected chi connectivity index (χ1v) is 9.55. The van der Waals surface area contributed by atoms with Crippen molar-refractivity contribution in [3.63, 3.8) is 0 Å². The van der Waals surface area contributed by atoms with Gasteiger partial charge in [0.15, 0.2) is 0 Å². The van der Waals surface area contributed by atoms with Gasteiger partial charge in [-0.1, -0.05) is 66.7 Å². The summed E-state index contributed by atoms with van der Waals surface area (Å²) >= 11 is 0. The molecule has 2 heteroatoms. The van der Waals surface area contributed by atoms with E-state index in [1.807, 2.05) is 0 Å². The number of hydrogen-bond donors (Lipinski definition) is 1. The molecular formula is C26H18N2. The molecule has 0 spiro atoms. The quantitative estimate of drug-likeness (QED) is 0.346. The van der Waals surface area contributed by atoms with Gasteiger partial charge in [-0.2, -0.15) is 0 Å². The summed E-state index contributed by atoms with van der Waals surface area (Å²) in [5.74, 6) is 0. The Balaban J connectivity index is 1.81. The van der Waals surface area contributed by atoms with Crippen molar-refractivity contribution < 1.29 is 0 Å². The van der Waals surface area contributed by atoms with Crippen LogP contribution in [0.5, 0.6) is 0 Å².